The van der Waals surface area contributed by atoms with E-state index in [9.17, 15) is 18.0 Å². The minimum Gasteiger partial charge on any atom is -0.315 e. The van der Waals surface area contributed by atoms with Crippen LogP contribution in [0.3, 0.4) is 0 Å². The number of thiazole rings is 1. The number of fused-ring (bicyclic) bond motifs is 2. The first kappa shape index (κ1) is 17.7. The van der Waals surface area contributed by atoms with Gasteiger partial charge in [0.15, 0.2) is 15.0 Å². The maximum Gasteiger partial charge on any atom is 0.249 e. The molecule has 26 heavy (non-hydrogen) atoms. The second-order valence-corrected chi connectivity index (χ2v) is 11.2. The summed E-state index contributed by atoms with van der Waals surface area (Å²) in [5.41, 5.74) is 0.626. The topological polar surface area (TPSA) is 96.4 Å². The number of amides is 2. The molecule has 1 aromatic heterocycles. The molecule has 0 unspecified atom stereocenters. The van der Waals surface area contributed by atoms with Crippen molar-refractivity contribution < 1.29 is 18.0 Å². The summed E-state index contributed by atoms with van der Waals surface area (Å²) in [6.07, 6.45) is 2.39. The van der Waals surface area contributed by atoms with Gasteiger partial charge in [0.05, 0.1) is 20.0 Å². The molecule has 1 aromatic carbocycles. The Labute approximate surface area is 159 Å². The van der Waals surface area contributed by atoms with Gasteiger partial charge >= 0.3 is 0 Å². The maximum atomic E-state index is 12.7. The van der Waals surface area contributed by atoms with Gasteiger partial charge < -0.3 is 10.2 Å². The Morgan fingerprint density at radius 3 is 2.92 bits per heavy atom. The van der Waals surface area contributed by atoms with Gasteiger partial charge in [0.1, 0.15) is 6.04 Å². The van der Waals surface area contributed by atoms with Gasteiger partial charge in [-0.2, -0.15) is 0 Å². The van der Waals surface area contributed by atoms with Crippen molar-refractivity contribution in [3.8, 4) is 0 Å². The second-order valence-electron chi connectivity index (χ2n) is 6.68. The molecule has 2 fully saturated rings. The Balaban J connectivity index is 1.57. The highest BCUT2D eigenvalue weighted by Gasteiger charge is 2.52. The molecule has 2 saturated heterocycles. The third-order valence-corrected chi connectivity index (χ3v) is 8.31. The van der Waals surface area contributed by atoms with Crippen molar-refractivity contribution in [2.24, 2.45) is 0 Å². The van der Waals surface area contributed by atoms with Gasteiger partial charge in [-0.3, -0.25) is 9.59 Å². The van der Waals surface area contributed by atoms with Gasteiger partial charge in [0, 0.05) is 18.4 Å². The smallest absolute Gasteiger partial charge is 0.249 e. The fourth-order valence-electron chi connectivity index (χ4n) is 3.39. The zero-order chi connectivity index (χ0) is 18.7. The van der Waals surface area contributed by atoms with Crippen LogP contribution in [0.1, 0.15) is 19.8 Å². The number of carbonyl (C=O) groups excluding carboxylic acids is 2. The zero-order valence-electron chi connectivity index (χ0n) is 14.2. The average molecular weight is 412 g/mol. The number of rotatable bonds is 3. The molecule has 2 amide bonds. The van der Waals surface area contributed by atoms with Crippen molar-refractivity contribution in [1.29, 1.82) is 0 Å². The number of carbonyl (C=O) groups is 2. The average Bonchev–Trinajstić information content (AvgIpc) is 3.19. The fraction of sp³-hybridized carbons (Fsp3) is 0.438. The summed E-state index contributed by atoms with van der Waals surface area (Å²) in [6.45, 7) is 2.00. The molecule has 4 rings (SSSR count). The van der Waals surface area contributed by atoms with Gasteiger partial charge in [-0.25, -0.2) is 13.4 Å². The van der Waals surface area contributed by atoms with Crippen LogP contribution in [-0.4, -0.2) is 53.0 Å². The number of hydrogen-bond donors (Lipinski definition) is 1. The molecule has 2 aliphatic heterocycles. The van der Waals surface area contributed by atoms with Gasteiger partial charge in [0.2, 0.25) is 11.8 Å². The summed E-state index contributed by atoms with van der Waals surface area (Å²) < 4.78 is 24.0. The lowest BCUT2D eigenvalue weighted by atomic mass is 10.2. The lowest BCUT2D eigenvalue weighted by Crippen LogP contribution is -2.48. The van der Waals surface area contributed by atoms with Crippen molar-refractivity contribution in [3.05, 3.63) is 18.2 Å². The molecule has 7 nitrogen and oxygen atoms in total. The van der Waals surface area contributed by atoms with Crippen molar-refractivity contribution in [2.75, 3.05) is 17.3 Å². The number of hydrogen-bond acceptors (Lipinski definition) is 7. The molecule has 2 aliphatic rings. The first-order chi connectivity index (χ1) is 12.2. The Kier molecular flexibility index (Phi) is 4.05. The van der Waals surface area contributed by atoms with E-state index in [1.165, 1.54) is 17.4 Å². The minimum absolute atomic E-state index is 0.0137. The summed E-state index contributed by atoms with van der Waals surface area (Å²) in [7, 11) is -3.30. The van der Waals surface area contributed by atoms with E-state index in [1.54, 1.807) is 28.8 Å². The summed E-state index contributed by atoms with van der Waals surface area (Å²) >= 11 is 2.86. The number of sulfone groups is 1. The second kappa shape index (κ2) is 5.93. The van der Waals surface area contributed by atoms with Crippen LogP contribution in [0.25, 0.3) is 10.2 Å². The van der Waals surface area contributed by atoms with Crippen LogP contribution < -0.4 is 5.32 Å². The number of aromatic nitrogens is 1. The number of anilines is 1. The molecule has 2 aromatic rings. The van der Waals surface area contributed by atoms with Crippen LogP contribution in [0.15, 0.2) is 23.1 Å². The number of nitrogens with zero attached hydrogens (tertiary/aromatic N) is 2. The van der Waals surface area contributed by atoms with E-state index >= 15 is 0 Å². The van der Waals surface area contributed by atoms with Crippen LogP contribution in [0.2, 0.25) is 0 Å². The molecule has 138 valence electrons. The van der Waals surface area contributed by atoms with E-state index in [-0.39, 0.29) is 21.6 Å². The Hall–Kier alpha value is -1.65. The van der Waals surface area contributed by atoms with E-state index in [4.69, 9.17) is 0 Å². The monoisotopic (exact) mass is 411 g/mol. The van der Waals surface area contributed by atoms with E-state index in [1.807, 2.05) is 6.92 Å². The quantitative estimate of drug-likeness (QED) is 0.831. The molecule has 0 bridgehead atoms. The molecule has 0 aliphatic carbocycles. The Bertz CT molecular complexity index is 1030. The van der Waals surface area contributed by atoms with E-state index in [2.05, 4.69) is 10.3 Å². The van der Waals surface area contributed by atoms with Crippen molar-refractivity contribution >= 4 is 60.1 Å². The number of benzene rings is 1. The van der Waals surface area contributed by atoms with E-state index in [0.717, 1.165) is 12.7 Å². The molecule has 1 N–H and O–H groups in total. The molecule has 0 spiro atoms. The molecule has 0 radical (unpaired) electrons. The molecular weight excluding hydrogens is 394 g/mol. The molecule has 2 atom stereocenters. The first-order valence-electron chi connectivity index (χ1n) is 8.05. The van der Waals surface area contributed by atoms with Gasteiger partial charge in [0.25, 0.3) is 0 Å². The largest absolute Gasteiger partial charge is 0.315 e. The molecule has 3 heterocycles. The highest BCUT2D eigenvalue weighted by molar-refractivity contribution is 8.01. The normalized spacial score (nSPS) is 25.7. The standard InChI is InChI=1S/C16H17N3O4S3/c1-16-6-5-13(20)19(16)11(8-24-16)14(21)18-15-17-10-4-3-9(26(2,22)23)7-12(10)25-15/h3-4,7,11H,5-6,8H2,1-2H3,(H,17,18,21)/t11-,16+/m1/s1. The van der Waals surface area contributed by atoms with E-state index < -0.39 is 15.9 Å². The summed E-state index contributed by atoms with van der Waals surface area (Å²) in [6, 6.07) is 4.19. The van der Waals surface area contributed by atoms with Crippen LogP contribution in [0, 0.1) is 0 Å². The summed E-state index contributed by atoms with van der Waals surface area (Å²) in [4.78, 5) is 30.8. The lowest BCUT2D eigenvalue weighted by Gasteiger charge is -2.29. The van der Waals surface area contributed by atoms with Gasteiger partial charge in [-0.15, -0.1) is 11.8 Å². The first-order valence-corrected chi connectivity index (χ1v) is 11.7. The van der Waals surface area contributed by atoms with Crippen LogP contribution >= 0.6 is 23.1 Å². The summed E-state index contributed by atoms with van der Waals surface area (Å²) in [5, 5.41) is 3.20. The third kappa shape index (κ3) is 2.89. The van der Waals surface area contributed by atoms with Crippen molar-refractivity contribution in [1.82, 2.24) is 9.88 Å². The van der Waals surface area contributed by atoms with Gasteiger partial charge in [-0.05, 0) is 31.5 Å². The Morgan fingerprint density at radius 1 is 1.42 bits per heavy atom. The summed E-state index contributed by atoms with van der Waals surface area (Å²) in [5.74, 6) is 0.329. The van der Waals surface area contributed by atoms with Crippen molar-refractivity contribution in [2.45, 2.75) is 35.6 Å². The van der Waals surface area contributed by atoms with Crippen LogP contribution in [0.5, 0.6) is 0 Å². The minimum atomic E-state index is -3.30. The zero-order valence-corrected chi connectivity index (χ0v) is 16.6. The number of thioether (sulfide) groups is 1. The lowest BCUT2D eigenvalue weighted by molar-refractivity contribution is -0.135. The highest BCUT2D eigenvalue weighted by Crippen LogP contribution is 2.47. The van der Waals surface area contributed by atoms with Gasteiger partial charge in [-0.1, -0.05) is 11.3 Å². The van der Waals surface area contributed by atoms with E-state index in [0.29, 0.717) is 27.5 Å². The van der Waals surface area contributed by atoms with Crippen molar-refractivity contribution in [3.63, 3.8) is 0 Å². The predicted molar refractivity (Wildman–Crippen MR) is 102 cm³/mol. The SMILES string of the molecule is C[C@]12CCC(=O)N1[C@@H](C(=O)Nc1nc3ccc(S(C)(=O)=O)cc3s1)CS2. The molecule has 0 saturated carbocycles. The third-order valence-electron chi connectivity index (χ3n) is 4.77. The Morgan fingerprint density at radius 2 is 2.19 bits per heavy atom. The molecule has 10 heteroatoms. The maximum absolute atomic E-state index is 12.7. The fourth-order valence-corrected chi connectivity index (χ4v) is 6.45. The van der Waals surface area contributed by atoms with Crippen LogP contribution in [-0.2, 0) is 19.4 Å². The highest BCUT2D eigenvalue weighted by atomic mass is 32.2. The van der Waals surface area contributed by atoms with Crippen LogP contribution in [0.4, 0.5) is 5.13 Å². The predicted octanol–water partition coefficient (Wildman–Crippen LogP) is 2.09. The number of nitrogens with one attached hydrogen (secondary N) is 1. The molecular formula is C16H17N3O4S3.